The first kappa shape index (κ1) is 16.9. The van der Waals surface area contributed by atoms with E-state index in [2.05, 4.69) is 10.6 Å². The van der Waals surface area contributed by atoms with Crippen molar-refractivity contribution in [3.05, 3.63) is 64.7 Å². The SMILES string of the molecule is C[C@H](NC(=O)C(=O)Nc1ccccc1F)c1ccc(F)cc1Cl. The molecule has 120 valence electrons. The second-order valence-corrected chi connectivity index (χ2v) is 5.20. The number of nitrogens with one attached hydrogen (secondary N) is 2. The Bertz CT molecular complexity index is 753. The van der Waals surface area contributed by atoms with Crippen LogP contribution in [0.1, 0.15) is 18.5 Å². The van der Waals surface area contributed by atoms with Crippen molar-refractivity contribution in [2.75, 3.05) is 5.32 Å². The zero-order valence-corrected chi connectivity index (χ0v) is 12.8. The summed E-state index contributed by atoms with van der Waals surface area (Å²) < 4.78 is 26.4. The van der Waals surface area contributed by atoms with Crippen molar-refractivity contribution >= 4 is 29.1 Å². The van der Waals surface area contributed by atoms with Crippen molar-refractivity contribution in [1.29, 1.82) is 0 Å². The van der Waals surface area contributed by atoms with E-state index in [-0.39, 0.29) is 10.7 Å². The maximum absolute atomic E-state index is 13.4. The molecule has 0 saturated heterocycles. The minimum atomic E-state index is -1.01. The van der Waals surface area contributed by atoms with Crippen molar-refractivity contribution < 1.29 is 18.4 Å². The van der Waals surface area contributed by atoms with Crippen LogP contribution in [0.3, 0.4) is 0 Å². The Hall–Kier alpha value is -2.47. The standard InChI is InChI=1S/C16H13ClF2N2O2/c1-9(11-7-6-10(18)8-12(11)17)20-15(22)16(23)21-14-5-3-2-4-13(14)19/h2-9H,1H3,(H,20,22)(H,21,23)/t9-/m0/s1. The third-order valence-electron chi connectivity index (χ3n) is 3.10. The summed E-state index contributed by atoms with van der Waals surface area (Å²) in [5.74, 6) is -3.13. The number of carbonyl (C=O) groups excluding carboxylic acids is 2. The number of rotatable bonds is 3. The van der Waals surface area contributed by atoms with Crippen LogP contribution in [0.2, 0.25) is 5.02 Å². The van der Waals surface area contributed by atoms with Crippen LogP contribution >= 0.6 is 11.6 Å². The lowest BCUT2D eigenvalue weighted by Crippen LogP contribution is -2.37. The average molecular weight is 339 g/mol. The maximum atomic E-state index is 13.4. The first-order chi connectivity index (χ1) is 10.9. The Balaban J connectivity index is 2.03. The molecule has 0 saturated carbocycles. The summed E-state index contributed by atoms with van der Waals surface area (Å²) in [5.41, 5.74) is 0.361. The van der Waals surface area contributed by atoms with Crippen molar-refractivity contribution in [2.45, 2.75) is 13.0 Å². The van der Waals surface area contributed by atoms with Crippen molar-refractivity contribution in [2.24, 2.45) is 0 Å². The average Bonchev–Trinajstić information content (AvgIpc) is 2.49. The van der Waals surface area contributed by atoms with Gasteiger partial charge in [0.1, 0.15) is 11.6 Å². The third-order valence-corrected chi connectivity index (χ3v) is 3.43. The molecule has 2 amide bonds. The number of hydrogen-bond acceptors (Lipinski definition) is 2. The van der Waals surface area contributed by atoms with E-state index in [0.717, 1.165) is 12.1 Å². The molecule has 23 heavy (non-hydrogen) atoms. The van der Waals surface area contributed by atoms with E-state index in [1.807, 2.05) is 0 Å². The van der Waals surface area contributed by atoms with Gasteiger partial charge in [-0.1, -0.05) is 29.8 Å². The van der Waals surface area contributed by atoms with Gasteiger partial charge in [0.05, 0.1) is 11.7 Å². The predicted octanol–water partition coefficient (Wildman–Crippen LogP) is 3.43. The number of halogens is 3. The lowest BCUT2D eigenvalue weighted by atomic mass is 10.1. The highest BCUT2D eigenvalue weighted by Crippen LogP contribution is 2.23. The van der Waals surface area contributed by atoms with Crippen LogP contribution in [-0.4, -0.2) is 11.8 Å². The van der Waals surface area contributed by atoms with Gasteiger partial charge in [0.25, 0.3) is 0 Å². The molecule has 2 N–H and O–H groups in total. The van der Waals surface area contributed by atoms with E-state index < -0.39 is 29.5 Å². The van der Waals surface area contributed by atoms with E-state index in [9.17, 15) is 18.4 Å². The highest BCUT2D eigenvalue weighted by atomic mass is 35.5. The van der Waals surface area contributed by atoms with Gasteiger partial charge in [-0.3, -0.25) is 9.59 Å². The molecule has 7 heteroatoms. The predicted molar refractivity (Wildman–Crippen MR) is 83.0 cm³/mol. The molecule has 4 nitrogen and oxygen atoms in total. The number of amides is 2. The molecule has 0 heterocycles. The Kier molecular flexibility index (Phi) is 5.28. The Morgan fingerprint density at radius 1 is 1.09 bits per heavy atom. The third kappa shape index (κ3) is 4.26. The van der Waals surface area contributed by atoms with Gasteiger partial charge in [-0.25, -0.2) is 8.78 Å². The fourth-order valence-corrected chi connectivity index (χ4v) is 2.27. The van der Waals surface area contributed by atoms with Crippen molar-refractivity contribution in [3.63, 3.8) is 0 Å². The fourth-order valence-electron chi connectivity index (χ4n) is 1.93. The molecule has 0 fully saturated rings. The highest BCUT2D eigenvalue weighted by Gasteiger charge is 2.19. The molecular formula is C16H13ClF2N2O2. The molecule has 0 aliphatic heterocycles. The van der Waals surface area contributed by atoms with Crippen LogP contribution in [0.25, 0.3) is 0 Å². The van der Waals surface area contributed by atoms with Gasteiger partial charge in [0.15, 0.2) is 0 Å². The van der Waals surface area contributed by atoms with E-state index in [1.54, 1.807) is 6.92 Å². The van der Waals surface area contributed by atoms with Crippen LogP contribution in [0.4, 0.5) is 14.5 Å². The summed E-state index contributed by atoms with van der Waals surface area (Å²) >= 11 is 5.90. The molecule has 0 unspecified atom stereocenters. The zero-order valence-electron chi connectivity index (χ0n) is 12.1. The molecular weight excluding hydrogens is 326 g/mol. The molecule has 0 aromatic heterocycles. The minimum Gasteiger partial charge on any atom is -0.341 e. The summed E-state index contributed by atoms with van der Waals surface area (Å²) in [5, 5.41) is 4.72. The normalized spacial score (nSPS) is 11.7. The van der Waals surface area contributed by atoms with Crippen LogP contribution in [0, 0.1) is 11.6 Å². The second-order valence-electron chi connectivity index (χ2n) is 4.79. The smallest absolute Gasteiger partial charge is 0.313 e. The van der Waals surface area contributed by atoms with E-state index in [0.29, 0.717) is 5.56 Å². The van der Waals surface area contributed by atoms with Gasteiger partial charge < -0.3 is 10.6 Å². The Morgan fingerprint density at radius 2 is 1.78 bits per heavy atom. The van der Waals surface area contributed by atoms with E-state index in [1.165, 1.54) is 30.3 Å². The van der Waals surface area contributed by atoms with Crippen molar-refractivity contribution in [3.8, 4) is 0 Å². The quantitative estimate of drug-likeness (QED) is 0.842. The van der Waals surface area contributed by atoms with Crippen LogP contribution in [0.15, 0.2) is 42.5 Å². The first-order valence-corrected chi connectivity index (χ1v) is 7.07. The molecule has 0 aliphatic carbocycles. The molecule has 2 aromatic carbocycles. The highest BCUT2D eigenvalue weighted by molar-refractivity contribution is 6.39. The molecule has 2 aromatic rings. The summed E-state index contributed by atoms with van der Waals surface area (Å²) in [6.45, 7) is 1.59. The van der Waals surface area contributed by atoms with Gasteiger partial charge in [-0.05, 0) is 36.8 Å². The van der Waals surface area contributed by atoms with E-state index in [4.69, 9.17) is 11.6 Å². The second kappa shape index (κ2) is 7.19. The van der Waals surface area contributed by atoms with Crippen LogP contribution < -0.4 is 10.6 Å². The van der Waals surface area contributed by atoms with Gasteiger partial charge >= 0.3 is 11.8 Å². The summed E-state index contributed by atoms with van der Waals surface area (Å²) in [6, 6.07) is 8.58. The molecule has 0 aliphatic rings. The molecule has 0 spiro atoms. The lowest BCUT2D eigenvalue weighted by molar-refractivity contribution is -0.136. The number of anilines is 1. The van der Waals surface area contributed by atoms with E-state index >= 15 is 0 Å². The Morgan fingerprint density at radius 3 is 2.43 bits per heavy atom. The molecule has 0 bridgehead atoms. The number of carbonyl (C=O) groups is 2. The number of hydrogen-bond donors (Lipinski definition) is 2. The number of para-hydroxylation sites is 1. The zero-order chi connectivity index (χ0) is 17.0. The summed E-state index contributed by atoms with van der Waals surface area (Å²) in [6.07, 6.45) is 0. The Labute approximate surface area is 136 Å². The van der Waals surface area contributed by atoms with Gasteiger partial charge in [-0.15, -0.1) is 0 Å². The fraction of sp³-hybridized carbons (Fsp3) is 0.125. The van der Waals surface area contributed by atoms with Crippen LogP contribution in [-0.2, 0) is 9.59 Å². The topological polar surface area (TPSA) is 58.2 Å². The summed E-state index contributed by atoms with van der Waals surface area (Å²) in [4.78, 5) is 23.6. The molecule has 1 atom stereocenters. The number of benzene rings is 2. The molecule has 2 rings (SSSR count). The van der Waals surface area contributed by atoms with Crippen molar-refractivity contribution in [1.82, 2.24) is 5.32 Å². The molecule has 0 radical (unpaired) electrons. The van der Waals surface area contributed by atoms with Gasteiger partial charge in [0.2, 0.25) is 0 Å². The minimum absolute atomic E-state index is 0.0971. The monoisotopic (exact) mass is 338 g/mol. The lowest BCUT2D eigenvalue weighted by Gasteiger charge is -2.15. The maximum Gasteiger partial charge on any atom is 0.313 e. The summed E-state index contributed by atoms with van der Waals surface area (Å²) in [7, 11) is 0. The first-order valence-electron chi connectivity index (χ1n) is 6.70. The van der Waals surface area contributed by atoms with Gasteiger partial charge in [-0.2, -0.15) is 0 Å². The largest absolute Gasteiger partial charge is 0.341 e. The van der Waals surface area contributed by atoms with Gasteiger partial charge in [0, 0.05) is 5.02 Å². The van der Waals surface area contributed by atoms with Crippen LogP contribution in [0.5, 0.6) is 0 Å².